The fraction of sp³-hybridized carbons (Fsp3) is 0.350. The van der Waals surface area contributed by atoms with Gasteiger partial charge < -0.3 is 14.8 Å². The summed E-state index contributed by atoms with van der Waals surface area (Å²) in [7, 11) is -0.662. The highest BCUT2D eigenvalue weighted by Crippen LogP contribution is 2.23. The summed E-state index contributed by atoms with van der Waals surface area (Å²) >= 11 is 0. The van der Waals surface area contributed by atoms with Crippen LogP contribution in [0.2, 0.25) is 0 Å². The Morgan fingerprint density at radius 1 is 1.21 bits per heavy atom. The van der Waals surface area contributed by atoms with Gasteiger partial charge >= 0.3 is 0 Å². The number of amides is 1. The summed E-state index contributed by atoms with van der Waals surface area (Å²) < 4.78 is 37.0. The van der Waals surface area contributed by atoms with E-state index in [0.717, 1.165) is 23.8 Å². The van der Waals surface area contributed by atoms with E-state index >= 15 is 0 Å². The highest BCUT2D eigenvalue weighted by molar-refractivity contribution is 7.89. The summed E-state index contributed by atoms with van der Waals surface area (Å²) in [4.78, 5) is 12.9. The minimum atomic E-state index is -3.58. The van der Waals surface area contributed by atoms with Crippen LogP contribution in [-0.2, 0) is 14.8 Å². The van der Waals surface area contributed by atoms with E-state index in [1.807, 2.05) is 0 Å². The van der Waals surface area contributed by atoms with Crippen LogP contribution in [0.4, 0.5) is 5.69 Å². The molecule has 0 bridgehead atoms. The van der Waals surface area contributed by atoms with Crippen LogP contribution in [0.25, 0.3) is 0 Å². The van der Waals surface area contributed by atoms with Crippen LogP contribution in [0.3, 0.4) is 0 Å². The van der Waals surface area contributed by atoms with Crippen LogP contribution in [0.1, 0.15) is 23.2 Å². The summed E-state index contributed by atoms with van der Waals surface area (Å²) in [6.45, 7) is 1.13. The molecule has 1 atom stereocenters. The van der Waals surface area contributed by atoms with Crippen molar-refractivity contribution < 1.29 is 22.7 Å². The van der Waals surface area contributed by atoms with Crippen molar-refractivity contribution in [2.24, 2.45) is 0 Å². The molecular formula is C20H24N2O5S. The zero-order valence-corrected chi connectivity index (χ0v) is 16.7. The molecule has 150 valence electrons. The molecule has 2 aromatic carbocycles. The lowest BCUT2D eigenvalue weighted by atomic mass is 10.1. The average molecular weight is 404 g/mol. The number of carbonyl (C=O) groups is 1. The van der Waals surface area contributed by atoms with Crippen LogP contribution >= 0.6 is 0 Å². The largest absolute Gasteiger partial charge is 0.490 e. The van der Waals surface area contributed by atoms with Gasteiger partial charge in [0.2, 0.25) is 10.0 Å². The molecule has 28 heavy (non-hydrogen) atoms. The number of nitrogens with one attached hydrogen (secondary N) is 1. The maximum Gasteiger partial charge on any atom is 0.259 e. The van der Waals surface area contributed by atoms with Crippen molar-refractivity contribution in [2.75, 3.05) is 32.6 Å². The van der Waals surface area contributed by atoms with Crippen LogP contribution < -0.4 is 10.1 Å². The zero-order chi connectivity index (χ0) is 20.1. The molecule has 0 unspecified atom stereocenters. The van der Waals surface area contributed by atoms with Crippen molar-refractivity contribution in [3.8, 4) is 5.75 Å². The van der Waals surface area contributed by atoms with Crippen LogP contribution in [0.15, 0.2) is 53.4 Å². The molecule has 2 aromatic rings. The van der Waals surface area contributed by atoms with Crippen LogP contribution in [0, 0.1) is 0 Å². The first-order chi connectivity index (χ1) is 13.4. The van der Waals surface area contributed by atoms with Crippen LogP contribution in [0.5, 0.6) is 5.75 Å². The summed E-state index contributed by atoms with van der Waals surface area (Å²) in [6.07, 6.45) is 2.01. The molecule has 1 fully saturated rings. The molecule has 0 radical (unpaired) electrons. The lowest BCUT2D eigenvalue weighted by Gasteiger charge is -2.15. The quantitative estimate of drug-likeness (QED) is 0.767. The number of hydrogen-bond acceptors (Lipinski definition) is 5. The van der Waals surface area contributed by atoms with E-state index in [1.165, 1.54) is 26.2 Å². The van der Waals surface area contributed by atoms with Crippen molar-refractivity contribution >= 4 is 21.6 Å². The Bertz CT molecular complexity index is 937. The number of sulfonamides is 1. The molecule has 0 aromatic heterocycles. The molecule has 0 saturated carbocycles. The second kappa shape index (κ2) is 8.72. The van der Waals surface area contributed by atoms with Crippen molar-refractivity contribution in [3.63, 3.8) is 0 Å². The third-order valence-electron chi connectivity index (χ3n) is 4.45. The highest BCUT2D eigenvalue weighted by Gasteiger charge is 2.20. The smallest absolute Gasteiger partial charge is 0.259 e. The number of para-hydroxylation sites is 1. The molecule has 1 aliphatic rings. The number of rotatable bonds is 7. The maximum absolute atomic E-state index is 12.7. The number of hydrogen-bond donors (Lipinski definition) is 1. The van der Waals surface area contributed by atoms with Gasteiger partial charge in [0.25, 0.3) is 5.91 Å². The van der Waals surface area contributed by atoms with Gasteiger partial charge in [-0.25, -0.2) is 12.7 Å². The highest BCUT2D eigenvalue weighted by atomic mass is 32.2. The normalized spacial score (nSPS) is 16.9. The summed E-state index contributed by atoms with van der Waals surface area (Å²) in [5.74, 6) is 0.0925. The number of anilines is 1. The topological polar surface area (TPSA) is 84.9 Å². The van der Waals surface area contributed by atoms with Crippen LogP contribution in [-0.4, -0.2) is 52.0 Å². The van der Waals surface area contributed by atoms with Gasteiger partial charge in [-0.3, -0.25) is 4.79 Å². The Balaban J connectivity index is 1.75. The Morgan fingerprint density at radius 2 is 2.00 bits per heavy atom. The van der Waals surface area contributed by atoms with Gasteiger partial charge in [0.15, 0.2) is 0 Å². The number of nitrogens with zero attached hydrogens (tertiary/aromatic N) is 1. The van der Waals surface area contributed by atoms with E-state index < -0.39 is 10.0 Å². The number of benzene rings is 2. The first kappa shape index (κ1) is 20.3. The lowest BCUT2D eigenvalue weighted by Crippen LogP contribution is -2.22. The van der Waals surface area contributed by atoms with E-state index in [1.54, 1.807) is 36.4 Å². The average Bonchev–Trinajstić information content (AvgIpc) is 3.20. The zero-order valence-electron chi connectivity index (χ0n) is 15.9. The van der Waals surface area contributed by atoms with Gasteiger partial charge in [-0.05, 0) is 43.2 Å². The Morgan fingerprint density at radius 3 is 2.71 bits per heavy atom. The Labute approximate surface area is 165 Å². The molecule has 1 amide bonds. The summed E-state index contributed by atoms with van der Waals surface area (Å²) in [6, 6.07) is 13.1. The molecule has 8 heteroatoms. The van der Waals surface area contributed by atoms with Crippen molar-refractivity contribution in [1.29, 1.82) is 0 Å². The van der Waals surface area contributed by atoms with E-state index in [-0.39, 0.29) is 16.9 Å². The van der Waals surface area contributed by atoms with E-state index in [9.17, 15) is 13.2 Å². The SMILES string of the molecule is CN(C)S(=O)(=O)c1cccc(NC(=O)c2ccccc2OC[C@H]2CCCO2)c1. The Hall–Kier alpha value is -2.42. The van der Waals surface area contributed by atoms with E-state index in [4.69, 9.17) is 9.47 Å². The molecule has 1 aliphatic heterocycles. The predicted octanol–water partition coefficient (Wildman–Crippen LogP) is 2.75. The number of ether oxygens (including phenoxy) is 2. The standard InChI is InChI=1S/C20H24N2O5S/c1-22(2)28(24,25)17-9-5-7-15(13-17)21-20(23)18-10-3-4-11-19(18)27-14-16-8-6-12-26-16/h3-5,7,9-11,13,16H,6,8,12,14H2,1-2H3,(H,21,23)/t16-/m1/s1. The van der Waals surface area contributed by atoms with Gasteiger partial charge in [0.1, 0.15) is 12.4 Å². The second-order valence-electron chi connectivity index (χ2n) is 6.71. The Kier molecular flexibility index (Phi) is 6.33. The second-order valence-corrected chi connectivity index (χ2v) is 8.86. The fourth-order valence-electron chi connectivity index (χ4n) is 2.88. The van der Waals surface area contributed by atoms with Gasteiger partial charge in [0.05, 0.1) is 16.6 Å². The van der Waals surface area contributed by atoms with Gasteiger partial charge in [-0.2, -0.15) is 0 Å². The van der Waals surface area contributed by atoms with Crippen molar-refractivity contribution in [3.05, 3.63) is 54.1 Å². The van der Waals surface area contributed by atoms with E-state index in [2.05, 4.69) is 5.32 Å². The van der Waals surface area contributed by atoms with E-state index in [0.29, 0.717) is 23.6 Å². The first-order valence-corrected chi connectivity index (χ1v) is 10.5. The molecule has 1 N–H and O–H groups in total. The lowest BCUT2D eigenvalue weighted by molar-refractivity contribution is 0.0673. The van der Waals surface area contributed by atoms with Gasteiger partial charge in [-0.1, -0.05) is 18.2 Å². The van der Waals surface area contributed by atoms with Crippen molar-refractivity contribution in [2.45, 2.75) is 23.8 Å². The molecule has 0 spiro atoms. The number of carbonyl (C=O) groups excluding carboxylic acids is 1. The molecule has 7 nitrogen and oxygen atoms in total. The molecule has 0 aliphatic carbocycles. The van der Waals surface area contributed by atoms with Gasteiger partial charge in [-0.15, -0.1) is 0 Å². The maximum atomic E-state index is 12.7. The molecule has 3 rings (SSSR count). The third-order valence-corrected chi connectivity index (χ3v) is 6.26. The minimum Gasteiger partial charge on any atom is -0.490 e. The summed E-state index contributed by atoms with van der Waals surface area (Å²) in [5.41, 5.74) is 0.767. The third kappa shape index (κ3) is 4.70. The van der Waals surface area contributed by atoms with Gasteiger partial charge in [0, 0.05) is 26.4 Å². The molecule has 1 saturated heterocycles. The minimum absolute atomic E-state index is 0.0454. The molecule has 1 heterocycles. The van der Waals surface area contributed by atoms with Crippen molar-refractivity contribution in [1.82, 2.24) is 4.31 Å². The monoisotopic (exact) mass is 404 g/mol. The molecular weight excluding hydrogens is 380 g/mol. The summed E-state index contributed by atoms with van der Waals surface area (Å²) in [5, 5.41) is 2.74. The fourth-order valence-corrected chi connectivity index (χ4v) is 3.83. The first-order valence-electron chi connectivity index (χ1n) is 9.05. The predicted molar refractivity (Wildman–Crippen MR) is 106 cm³/mol.